The monoisotopic (exact) mass is 235 g/mol. The number of ether oxygens (including phenoxy) is 1. The number of pyridine rings is 1. The van der Waals surface area contributed by atoms with Gasteiger partial charge in [0.2, 0.25) is 0 Å². The third-order valence-electron chi connectivity index (χ3n) is 3.40. The van der Waals surface area contributed by atoms with E-state index in [4.69, 9.17) is 4.74 Å². The van der Waals surface area contributed by atoms with Crippen molar-refractivity contribution in [2.24, 2.45) is 0 Å². The molecule has 1 aromatic heterocycles. The quantitative estimate of drug-likeness (QED) is 0.795. The van der Waals surface area contributed by atoms with Gasteiger partial charge >= 0.3 is 0 Å². The van der Waals surface area contributed by atoms with Crippen LogP contribution < -0.4 is 10.6 Å². The Bertz CT molecular complexity index is 358. The van der Waals surface area contributed by atoms with Gasteiger partial charge in [-0.05, 0) is 38.3 Å². The molecular formula is C13H21N3O. The molecule has 1 fully saturated rings. The van der Waals surface area contributed by atoms with E-state index < -0.39 is 0 Å². The van der Waals surface area contributed by atoms with Crippen molar-refractivity contribution >= 4 is 11.6 Å². The summed E-state index contributed by atoms with van der Waals surface area (Å²) in [5.74, 6) is 1.82. The zero-order valence-corrected chi connectivity index (χ0v) is 10.6. The van der Waals surface area contributed by atoms with Crippen LogP contribution in [0.5, 0.6) is 0 Å². The highest BCUT2D eigenvalue weighted by Gasteiger charge is 2.36. The van der Waals surface area contributed by atoms with Crippen molar-refractivity contribution in [3.63, 3.8) is 0 Å². The minimum atomic E-state index is 0.0376. The van der Waals surface area contributed by atoms with Gasteiger partial charge in [0, 0.05) is 20.2 Å². The fraction of sp³-hybridized carbons (Fsp3) is 0.615. The zero-order chi connectivity index (χ0) is 12.1. The minimum absolute atomic E-state index is 0.0376. The molecule has 1 aliphatic carbocycles. The maximum absolute atomic E-state index is 5.57. The number of methoxy groups -OCH3 is 1. The van der Waals surface area contributed by atoms with E-state index in [1.54, 1.807) is 7.11 Å². The molecule has 0 aliphatic heterocycles. The summed E-state index contributed by atoms with van der Waals surface area (Å²) < 4.78 is 5.57. The molecule has 1 saturated carbocycles. The standard InChI is InChI=1S/C13H21N3O/c1-3-14-11-6-4-7-12(16-11)15-10-13(17-2)8-5-9-13/h4,6-7H,3,5,8-10H2,1-2H3,(H2,14,15,16). The third kappa shape index (κ3) is 2.88. The van der Waals surface area contributed by atoms with Gasteiger partial charge < -0.3 is 15.4 Å². The molecular weight excluding hydrogens is 214 g/mol. The normalized spacial score (nSPS) is 17.3. The lowest BCUT2D eigenvalue weighted by Crippen LogP contribution is -2.45. The smallest absolute Gasteiger partial charge is 0.128 e. The molecule has 0 bridgehead atoms. The fourth-order valence-corrected chi connectivity index (χ4v) is 2.09. The van der Waals surface area contributed by atoms with Gasteiger partial charge in [0.25, 0.3) is 0 Å². The number of hydrogen-bond acceptors (Lipinski definition) is 4. The highest BCUT2D eigenvalue weighted by molar-refractivity contribution is 5.45. The van der Waals surface area contributed by atoms with Crippen LogP contribution in [0.25, 0.3) is 0 Å². The average Bonchev–Trinajstić information content (AvgIpc) is 2.29. The van der Waals surface area contributed by atoms with Crippen LogP contribution in [0.15, 0.2) is 18.2 Å². The van der Waals surface area contributed by atoms with E-state index in [0.29, 0.717) is 0 Å². The summed E-state index contributed by atoms with van der Waals surface area (Å²) >= 11 is 0. The number of nitrogens with zero attached hydrogens (tertiary/aromatic N) is 1. The lowest BCUT2D eigenvalue weighted by atomic mass is 9.80. The summed E-state index contributed by atoms with van der Waals surface area (Å²) in [4.78, 5) is 4.48. The number of aromatic nitrogens is 1. The molecule has 0 spiro atoms. The topological polar surface area (TPSA) is 46.2 Å². The number of nitrogens with one attached hydrogen (secondary N) is 2. The van der Waals surface area contributed by atoms with Crippen molar-refractivity contribution in [2.45, 2.75) is 31.8 Å². The minimum Gasteiger partial charge on any atom is -0.376 e. The Hall–Kier alpha value is -1.29. The highest BCUT2D eigenvalue weighted by atomic mass is 16.5. The van der Waals surface area contributed by atoms with Crippen LogP contribution in [-0.2, 0) is 4.74 Å². The number of rotatable bonds is 6. The molecule has 1 aromatic rings. The second kappa shape index (κ2) is 5.36. The van der Waals surface area contributed by atoms with Crippen LogP contribution in [0.2, 0.25) is 0 Å². The van der Waals surface area contributed by atoms with Gasteiger partial charge in [0.05, 0.1) is 5.60 Å². The van der Waals surface area contributed by atoms with E-state index >= 15 is 0 Å². The number of hydrogen-bond donors (Lipinski definition) is 2. The fourth-order valence-electron chi connectivity index (χ4n) is 2.09. The van der Waals surface area contributed by atoms with Crippen molar-refractivity contribution in [1.29, 1.82) is 0 Å². The Morgan fingerprint density at radius 2 is 2.00 bits per heavy atom. The zero-order valence-electron chi connectivity index (χ0n) is 10.6. The van der Waals surface area contributed by atoms with E-state index in [0.717, 1.165) is 37.6 Å². The van der Waals surface area contributed by atoms with E-state index in [1.807, 2.05) is 18.2 Å². The van der Waals surface area contributed by atoms with Crippen molar-refractivity contribution in [2.75, 3.05) is 30.8 Å². The van der Waals surface area contributed by atoms with Crippen molar-refractivity contribution in [3.05, 3.63) is 18.2 Å². The predicted octanol–water partition coefficient (Wildman–Crippen LogP) is 2.49. The predicted molar refractivity (Wildman–Crippen MR) is 70.5 cm³/mol. The molecule has 0 saturated heterocycles. The molecule has 0 unspecified atom stereocenters. The molecule has 17 heavy (non-hydrogen) atoms. The van der Waals surface area contributed by atoms with E-state index in [2.05, 4.69) is 22.5 Å². The van der Waals surface area contributed by atoms with E-state index in [-0.39, 0.29) is 5.60 Å². The summed E-state index contributed by atoms with van der Waals surface area (Å²) in [7, 11) is 1.79. The molecule has 1 aliphatic rings. The maximum atomic E-state index is 5.57. The summed E-state index contributed by atoms with van der Waals surface area (Å²) in [6.45, 7) is 3.79. The van der Waals surface area contributed by atoms with Gasteiger partial charge in [-0.15, -0.1) is 0 Å². The largest absolute Gasteiger partial charge is 0.376 e. The van der Waals surface area contributed by atoms with Gasteiger partial charge in [-0.3, -0.25) is 0 Å². The van der Waals surface area contributed by atoms with Crippen molar-refractivity contribution in [1.82, 2.24) is 4.98 Å². The van der Waals surface area contributed by atoms with Gasteiger partial charge in [0.15, 0.2) is 0 Å². The Morgan fingerprint density at radius 1 is 1.29 bits per heavy atom. The van der Waals surface area contributed by atoms with E-state index in [9.17, 15) is 0 Å². The summed E-state index contributed by atoms with van der Waals surface area (Å²) in [5.41, 5.74) is 0.0376. The molecule has 0 radical (unpaired) electrons. The SMILES string of the molecule is CCNc1cccc(NCC2(OC)CCC2)n1. The van der Waals surface area contributed by atoms with Crippen molar-refractivity contribution < 1.29 is 4.74 Å². The van der Waals surface area contributed by atoms with Gasteiger partial charge in [-0.1, -0.05) is 6.07 Å². The molecule has 94 valence electrons. The van der Waals surface area contributed by atoms with Crippen molar-refractivity contribution in [3.8, 4) is 0 Å². The number of anilines is 2. The molecule has 1 heterocycles. The van der Waals surface area contributed by atoms with Crippen LogP contribution in [-0.4, -0.2) is 30.8 Å². The Balaban J connectivity index is 1.92. The second-order valence-corrected chi connectivity index (χ2v) is 4.53. The Kier molecular flexibility index (Phi) is 3.84. The molecule has 0 atom stereocenters. The van der Waals surface area contributed by atoms with Crippen LogP contribution in [0.3, 0.4) is 0 Å². The van der Waals surface area contributed by atoms with Crippen LogP contribution in [0.4, 0.5) is 11.6 Å². The molecule has 2 N–H and O–H groups in total. The lowest BCUT2D eigenvalue weighted by molar-refractivity contribution is -0.0601. The van der Waals surface area contributed by atoms with Gasteiger partial charge in [0.1, 0.15) is 11.6 Å². The summed E-state index contributed by atoms with van der Waals surface area (Å²) in [6.07, 6.45) is 3.55. The first-order chi connectivity index (χ1) is 8.28. The van der Waals surface area contributed by atoms with Gasteiger partial charge in [-0.2, -0.15) is 0 Å². The summed E-state index contributed by atoms with van der Waals surface area (Å²) in [6, 6.07) is 5.97. The molecule has 0 amide bonds. The maximum Gasteiger partial charge on any atom is 0.128 e. The highest BCUT2D eigenvalue weighted by Crippen LogP contribution is 2.34. The van der Waals surface area contributed by atoms with Crippen LogP contribution >= 0.6 is 0 Å². The Morgan fingerprint density at radius 3 is 2.53 bits per heavy atom. The molecule has 2 rings (SSSR count). The molecule has 0 aromatic carbocycles. The first-order valence-corrected chi connectivity index (χ1v) is 6.28. The van der Waals surface area contributed by atoms with Gasteiger partial charge in [-0.25, -0.2) is 4.98 Å². The van der Waals surface area contributed by atoms with E-state index in [1.165, 1.54) is 6.42 Å². The molecule has 4 nitrogen and oxygen atoms in total. The average molecular weight is 235 g/mol. The van der Waals surface area contributed by atoms with Crippen LogP contribution in [0.1, 0.15) is 26.2 Å². The van der Waals surface area contributed by atoms with Crippen LogP contribution in [0, 0.1) is 0 Å². The second-order valence-electron chi connectivity index (χ2n) is 4.53. The Labute approximate surface area is 103 Å². The third-order valence-corrected chi connectivity index (χ3v) is 3.40. The summed E-state index contributed by atoms with van der Waals surface area (Å²) in [5, 5.41) is 6.57. The lowest BCUT2D eigenvalue weighted by Gasteiger charge is -2.40. The molecule has 4 heteroatoms. The first-order valence-electron chi connectivity index (χ1n) is 6.28. The first kappa shape index (κ1) is 12.2.